The van der Waals surface area contributed by atoms with Crippen LogP contribution in [0.3, 0.4) is 0 Å². The number of nitrogens with zero attached hydrogens (tertiary/aromatic N) is 3. The Morgan fingerprint density at radius 3 is 3.06 bits per heavy atom. The molecule has 0 radical (unpaired) electrons. The quantitative estimate of drug-likeness (QED) is 0.652. The summed E-state index contributed by atoms with van der Waals surface area (Å²) in [6.45, 7) is 3.21. The summed E-state index contributed by atoms with van der Waals surface area (Å²) in [7, 11) is 0. The van der Waals surface area contributed by atoms with Crippen LogP contribution in [0, 0.1) is 0 Å². The van der Waals surface area contributed by atoms with Crippen molar-refractivity contribution in [1.29, 1.82) is 0 Å². The van der Waals surface area contributed by atoms with Gasteiger partial charge in [-0.05, 0) is 19.3 Å². The van der Waals surface area contributed by atoms with Crippen LogP contribution in [0.5, 0.6) is 0 Å². The van der Waals surface area contributed by atoms with Crippen LogP contribution in [0.1, 0.15) is 39.0 Å². The molecule has 1 aliphatic rings. The molecule has 1 unspecified atom stereocenters. The standard InChI is InChI=1S/C12H20ClN5/c1-2-9-6-4-3-5-7-18(9)11-10(13)8-15-12(16-11)17-14/h8-9H,2-7,14H2,1H3,(H,15,16,17). The van der Waals surface area contributed by atoms with Gasteiger partial charge < -0.3 is 4.90 Å². The topological polar surface area (TPSA) is 67.1 Å². The fourth-order valence-corrected chi connectivity index (χ4v) is 2.71. The zero-order valence-corrected chi connectivity index (χ0v) is 11.5. The second-order valence-electron chi connectivity index (χ2n) is 4.61. The average molecular weight is 270 g/mol. The van der Waals surface area contributed by atoms with Gasteiger partial charge in [0.15, 0.2) is 5.82 Å². The summed E-state index contributed by atoms with van der Waals surface area (Å²) in [6.07, 6.45) is 7.64. The van der Waals surface area contributed by atoms with E-state index >= 15 is 0 Å². The van der Waals surface area contributed by atoms with Gasteiger partial charge in [0, 0.05) is 12.6 Å². The Bertz CT molecular complexity index is 398. The van der Waals surface area contributed by atoms with Crippen LogP contribution in [0.25, 0.3) is 0 Å². The molecule has 0 bridgehead atoms. The molecule has 1 aromatic heterocycles. The molecule has 2 rings (SSSR count). The lowest BCUT2D eigenvalue weighted by Gasteiger charge is -2.31. The molecule has 5 nitrogen and oxygen atoms in total. The summed E-state index contributed by atoms with van der Waals surface area (Å²) in [4.78, 5) is 10.7. The highest BCUT2D eigenvalue weighted by Gasteiger charge is 2.23. The number of aromatic nitrogens is 2. The van der Waals surface area contributed by atoms with Gasteiger partial charge in [0.05, 0.1) is 6.20 Å². The van der Waals surface area contributed by atoms with Crippen LogP contribution in [-0.4, -0.2) is 22.6 Å². The second kappa shape index (κ2) is 6.20. The minimum Gasteiger partial charge on any atom is -0.352 e. The first-order valence-corrected chi connectivity index (χ1v) is 6.89. The molecule has 1 aliphatic heterocycles. The summed E-state index contributed by atoms with van der Waals surface area (Å²) >= 11 is 6.23. The normalized spacial score (nSPS) is 20.6. The summed E-state index contributed by atoms with van der Waals surface area (Å²) < 4.78 is 0. The lowest BCUT2D eigenvalue weighted by atomic mass is 10.1. The molecule has 0 spiro atoms. The molecule has 0 aromatic carbocycles. The predicted molar refractivity (Wildman–Crippen MR) is 74.7 cm³/mol. The van der Waals surface area contributed by atoms with E-state index in [-0.39, 0.29) is 0 Å². The number of nitrogens with one attached hydrogen (secondary N) is 1. The molecule has 3 N–H and O–H groups in total. The van der Waals surface area contributed by atoms with Crippen molar-refractivity contribution >= 4 is 23.4 Å². The third-order valence-corrected chi connectivity index (χ3v) is 3.74. The van der Waals surface area contributed by atoms with Gasteiger partial charge in [-0.2, -0.15) is 4.98 Å². The van der Waals surface area contributed by atoms with Gasteiger partial charge in [-0.3, -0.25) is 5.43 Å². The first-order valence-electron chi connectivity index (χ1n) is 6.52. The number of rotatable bonds is 3. The zero-order valence-electron chi connectivity index (χ0n) is 10.7. The fourth-order valence-electron chi connectivity index (χ4n) is 2.51. The maximum atomic E-state index is 6.23. The summed E-state index contributed by atoms with van der Waals surface area (Å²) in [5.74, 6) is 6.57. The van der Waals surface area contributed by atoms with Gasteiger partial charge in [-0.15, -0.1) is 0 Å². The van der Waals surface area contributed by atoms with E-state index in [1.807, 2.05) is 0 Å². The highest BCUT2D eigenvalue weighted by atomic mass is 35.5. The number of hydrogen-bond acceptors (Lipinski definition) is 5. The average Bonchev–Trinajstić information content (AvgIpc) is 2.64. The maximum Gasteiger partial charge on any atom is 0.239 e. The molecule has 0 aliphatic carbocycles. The SMILES string of the molecule is CCC1CCCCCN1c1nc(NN)ncc1Cl. The molecule has 100 valence electrons. The largest absolute Gasteiger partial charge is 0.352 e. The van der Waals surface area contributed by atoms with Gasteiger partial charge >= 0.3 is 0 Å². The third kappa shape index (κ3) is 2.84. The minimum absolute atomic E-state index is 0.411. The second-order valence-corrected chi connectivity index (χ2v) is 5.02. The lowest BCUT2D eigenvalue weighted by Crippen LogP contribution is -2.35. The van der Waals surface area contributed by atoms with Crippen molar-refractivity contribution < 1.29 is 0 Å². The molecule has 2 heterocycles. The molecule has 0 saturated carbocycles. The Kier molecular flexibility index (Phi) is 4.60. The van der Waals surface area contributed by atoms with Crippen molar-refractivity contribution in [1.82, 2.24) is 9.97 Å². The number of nitrogens with two attached hydrogens (primary N) is 1. The Hall–Kier alpha value is -1.07. The smallest absolute Gasteiger partial charge is 0.239 e. The van der Waals surface area contributed by atoms with Crippen LogP contribution < -0.4 is 16.2 Å². The van der Waals surface area contributed by atoms with Gasteiger partial charge in [0.25, 0.3) is 0 Å². The number of nitrogen functional groups attached to an aromatic ring is 1. The van der Waals surface area contributed by atoms with Crippen molar-refractivity contribution in [3.8, 4) is 0 Å². The van der Waals surface area contributed by atoms with Crippen molar-refractivity contribution in [2.45, 2.75) is 45.1 Å². The zero-order chi connectivity index (χ0) is 13.0. The van der Waals surface area contributed by atoms with Gasteiger partial charge in [0.2, 0.25) is 5.95 Å². The lowest BCUT2D eigenvalue weighted by molar-refractivity contribution is 0.552. The van der Waals surface area contributed by atoms with E-state index in [9.17, 15) is 0 Å². The van der Waals surface area contributed by atoms with Crippen LogP contribution in [0.2, 0.25) is 5.02 Å². The first-order chi connectivity index (χ1) is 8.76. The van der Waals surface area contributed by atoms with E-state index in [0.29, 0.717) is 17.0 Å². The molecule has 1 saturated heterocycles. The van der Waals surface area contributed by atoms with Crippen LogP contribution in [0.4, 0.5) is 11.8 Å². The maximum absolute atomic E-state index is 6.23. The summed E-state index contributed by atoms with van der Waals surface area (Å²) in [6, 6.07) is 0.505. The van der Waals surface area contributed by atoms with E-state index in [1.54, 1.807) is 6.20 Å². The van der Waals surface area contributed by atoms with Crippen LogP contribution in [-0.2, 0) is 0 Å². The Labute approximate surface area is 113 Å². The Morgan fingerprint density at radius 1 is 1.50 bits per heavy atom. The van der Waals surface area contributed by atoms with E-state index in [2.05, 4.69) is 27.2 Å². The summed E-state index contributed by atoms with van der Waals surface area (Å²) in [5.41, 5.74) is 2.47. The monoisotopic (exact) mass is 269 g/mol. The van der Waals surface area contributed by atoms with Crippen molar-refractivity contribution in [3.63, 3.8) is 0 Å². The molecule has 1 atom stereocenters. The molecular formula is C12H20ClN5. The fraction of sp³-hybridized carbons (Fsp3) is 0.667. The molecule has 0 amide bonds. The number of hydrazine groups is 1. The number of halogens is 1. The van der Waals surface area contributed by atoms with Crippen LogP contribution >= 0.6 is 11.6 Å². The van der Waals surface area contributed by atoms with Crippen molar-refractivity contribution in [2.24, 2.45) is 5.84 Å². The van der Waals surface area contributed by atoms with Crippen molar-refractivity contribution in [2.75, 3.05) is 16.9 Å². The molecule has 1 fully saturated rings. The molecular weight excluding hydrogens is 250 g/mol. The minimum atomic E-state index is 0.411. The highest BCUT2D eigenvalue weighted by Crippen LogP contribution is 2.30. The van der Waals surface area contributed by atoms with Gasteiger partial charge in [0.1, 0.15) is 5.02 Å². The van der Waals surface area contributed by atoms with E-state index in [0.717, 1.165) is 18.8 Å². The number of hydrogen-bond donors (Lipinski definition) is 2. The molecule has 6 heteroatoms. The van der Waals surface area contributed by atoms with Gasteiger partial charge in [-0.25, -0.2) is 10.8 Å². The molecule has 1 aromatic rings. The van der Waals surface area contributed by atoms with Crippen molar-refractivity contribution in [3.05, 3.63) is 11.2 Å². The van der Waals surface area contributed by atoms with E-state index in [1.165, 1.54) is 25.7 Å². The molecule has 18 heavy (non-hydrogen) atoms. The first kappa shape index (κ1) is 13.4. The van der Waals surface area contributed by atoms with Crippen LogP contribution in [0.15, 0.2) is 6.20 Å². The summed E-state index contributed by atoms with van der Waals surface area (Å²) in [5, 5.41) is 0.592. The highest BCUT2D eigenvalue weighted by molar-refractivity contribution is 6.32. The Balaban J connectivity index is 2.31. The van der Waals surface area contributed by atoms with Gasteiger partial charge in [-0.1, -0.05) is 31.4 Å². The van der Waals surface area contributed by atoms with E-state index < -0.39 is 0 Å². The Morgan fingerprint density at radius 2 is 2.33 bits per heavy atom. The third-order valence-electron chi connectivity index (χ3n) is 3.48. The number of anilines is 2. The van der Waals surface area contributed by atoms with E-state index in [4.69, 9.17) is 17.4 Å². The predicted octanol–water partition coefficient (Wildman–Crippen LogP) is 2.57.